The normalized spacial score (nSPS) is 12.6. The van der Waals surface area contributed by atoms with Crippen LogP contribution in [0.3, 0.4) is 0 Å². The molecule has 1 aromatic heterocycles. The average Bonchev–Trinajstić information content (AvgIpc) is 2.73. The first-order chi connectivity index (χ1) is 8.22. The van der Waals surface area contributed by atoms with E-state index in [0.29, 0.717) is 17.3 Å². The first kappa shape index (κ1) is 12.0. The third-order valence-corrected chi connectivity index (χ3v) is 3.58. The zero-order chi connectivity index (χ0) is 12.3. The molecule has 1 unspecified atom stereocenters. The zero-order valence-corrected chi connectivity index (χ0v) is 10.1. The van der Waals surface area contributed by atoms with Crippen LogP contribution >= 0.6 is 11.8 Å². The van der Waals surface area contributed by atoms with E-state index in [4.69, 9.17) is 5.73 Å². The van der Waals surface area contributed by atoms with Crippen molar-refractivity contribution in [1.29, 1.82) is 0 Å². The van der Waals surface area contributed by atoms with Gasteiger partial charge in [0.25, 0.3) is 0 Å². The summed E-state index contributed by atoms with van der Waals surface area (Å²) in [5, 5.41) is 11.5. The lowest BCUT2D eigenvalue weighted by Gasteiger charge is -2.14. The number of aromatic nitrogens is 4. The number of nitrogens with two attached hydrogens (primary N) is 1. The highest BCUT2D eigenvalue weighted by atomic mass is 32.2. The highest BCUT2D eigenvalue weighted by Gasteiger charge is 2.18. The summed E-state index contributed by atoms with van der Waals surface area (Å²) in [5.74, 6) is -0.259. The van der Waals surface area contributed by atoms with Gasteiger partial charge in [0, 0.05) is 19.2 Å². The van der Waals surface area contributed by atoms with Gasteiger partial charge < -0.3 is 5.73 Å². The van der Waals surface area contributed by atoms with Crippen LogP contribution in [0.1, 0.15) is 10.8 Å². The van der Waals surface area contributed by atoms with Crippen LogP contribution in [-0.4, -0.2) is 26.8 Å². The number of tetrazole rings is 1. The first-order valence-corrected chi connectivity index (χ1v) is 5.94. The van der Waals surface area contributed by atoms with E-state index in [1.54, 1.807) is 25.2 Å². The lowest BCUT2D eigenvalue weighted by atomic mass is 10.1. The molecule has 7 heteroatoms. The Hall–Kier alpha value is -1.47. The van der Waals surface area contributed by atoms with Crippen LogP contribution in [0.4, 0.5) is 4.39 Å². The van der Waals surface area contributed by atoms with E-state index in [2.05, 4.69) is 15.5 Å². The van der Waals surface area contributed by atoms with E-state index in [1.807, 2.05) is 0 Å². The summed E-state index contributed by atoms with van der Waals surface area (Å²) in [4.78, 5) is 0. The Morgan fingerprint density at radius 3 is 2.82 bits per heavy atom. The second-order valence-corrected chi connectivity index (χ2v) is 4.62. The molecule has 2 N–H and O–H groups in total. The molecule has 0 fully saturated rings. The van der Waals surface area contributed by atoms with Gasteiger partial charge in [0.2, 0.25) is 5.16 Å². The quantitative estimate of drug-likeness (QED) is 0.827. The van der Waals surface area contributed by atoms with Gasteiger partial charge in [-0.05, 0) is 16.5 Å². The number of nitrogens with zero attached hydrogens (tertiary/aromatic N) is 4. The third kappa shape index (κ3) is 2.62. The van der Waals surface area contributed by atoms with Crippen molar-refractivity contribution in [3.63, 3.8) is 0 Å². The van der Waals surface area contributed by atoms with Gasteiger partial charge in [-0.15, -0.1) is 5.10 Å². The molecule has 0 saturated carbocycles. The number of halogens is 1. The molecule has 90 valence electrons. The summed E-state index contributed by atoms with van der Waals surface area (Å²) in [7, 11) is 1.73. The molecule has 2 rings (SSSR count). The minimum Gasteiger partial charge on any atom is -0.329 e. The van der Waals surface area contributed by atoms with Crippen molar-refractivity contribution in [2.75, 3.05) is 6.54 Å². The summed E-state index contributed by atoms with van der Waals surface area (Å²) in [5.41, 5.74) is 6.25. The smallest absolute Gasteiger partial charge is 0.209 e. The minimum atomic E-state index is -0.259. The van der Waals surface area contributed by atoms with Gasteiger partial charge >= 0.3 is 0 Å². The van der Waals surface area contributed by atoms with Gasteiger partial charge in [-0.3, -0.25) is 0 Å². The average molecular weight is 253 g/mol. The van der Waals surface area contributed by atoms with Gasteiger partial charge in [-0.25, -0.2) is 9.07 Å². The predicted molar refractivity (Wildman–Crippen MR) is 62.9 cm³/mol. The predicted octanol–water partition coefficient (Wildman–Crippen LogP) is 1.14. The van der Waals surface area contributed by atoms with Crippen LogP contribution in [0.5, 0.6) is 0 Å². The van der Waals surface area contributed by atoms with Gasteiger partial charge in [0.1, 0.15) is 5.82 Å². The van der Waals surface area contributed by atoms with E-state index in [0.717, 1.165) is 0 Å². The molecular weight excluding hydrogens is 241 g/mol. The molecule has 0 aliphatic heterocycles. The molecule has 17 heavy (non-hydrogen) atoms. The number of thioether (sulfide) groups is 1. The summed E-state index contributed by atoms with van der Waals surface area (Å²) in [6.07, 6.45) is 0. The Morgan fingerprint density at radius 1 is 1.47 bits per heavy atom. The Labute approximate surface area is 102 Å². The number of aryl methyl sites for hydroxylation is 1. The molecule has 1 heterocycles. The molecule has 0 aliphatic rings. The zero-order valence-electron chi connectivity index (χ0n) is 9.25. The van der Waals surface area contributed by atoms with E-state index in [1.165, 1.54) is 22.5 Å². The molecule has 0 radical (unpaired) electrons. The summed E-state index contributed by atoms with van der Waals surface area (Å²) in [6, 6.07) is 6.59. The van der Waals surface area contributed by atoms with Crippen molar-refractivity contribution in [2.45, 2.75) is 10.4 Å². The summed E-state index contributed by atoms with van der Waals surface area (Å²) >= 11 is 1.35. The largest absolute Gasteiger partial charge is 0.329 e. The molecule has 1 atom stereocenters. The molecular formula is C10H12FN5S. The topological polar surface area (TPSA) is 69.6 Å². The maximum absolute atomic E-state index is 13.6. The molecule has 0 bridgehead atoms. The molecule has 2 aromatic rings. The van der Waals surface area contributed by atoms with Crippen molar-refractivity contribution in [1.82, 2.24) is 20.2 Å². The van der Waals surface area contributed by atoms with Crippen LogP contribution in [0.25, 0.3) is 0 Å². The fourth-order valence-electron chi connectivity index (χ4n) is 1.42. The maximum atomic E-state index is 13.6. The standard InChI is InChI=1S/C10H12FN5S/c1-16-10(13-14-15-16)17-9(6-12)7-4-2-3-5-8(7)11/h2-5,9H,6,12H2,1H3. The van der Waals surface area contributed by atoms with E-state index < -0.39 is 0 Å². The van der Waals surface area contributed by atoms with Crippen LogP contribution in [0.2, 0.25) is 0 Å². The lowest BCUT2D eigenvalue weighted by molar-refractivity contribution is 0.607. The Morgan fingerprint density at radius 2 is 2.24 bits per heavy atom. The SMILES string of the molecule is Cn1nnnc1SC(CN)c1ccccc1F. The Kier molecular flexibility index (Phi) is 3.70. The number of benzene rings is 1. The minimum absolute atomic E-state index is 0.194. The van der Waals surface area contributed by atoms with Gasteiger partial charge in [0.15, 0.2) is 0 Å². The second kappa shape index (κ2) is 5.24. The summed E-state index contributed by atoms with van der Waals surface area (Å²) in [6.45, 7) is 0.318. The van der Waals surface area contributed by atoms with Crippen molar-refractivity contribution < 1.29 is 4.39 Å². The highest BCUT2D eigenvalue weighted by molar-refractivity contribution is 7.99. The van der Waals surface area contributed by atoms with Crippen LogP contribution < -0.4 is 5.73 Å². The first-order valence-electron chi connectivity index (χ1n) is 5.06. The van der Waals surface area contributed by atoms with E-state index in [9.17, 15) is 4.39 Å². The fraction of sp³-hybridized carbons (Fsp3) is 0.300. The Bertz CT molecular complexity index is 501. The van der Waals surface area contributed by atoms with Crippen molar-refractivity contribution in [2.24, 2.45) is 12.8 Å². The number of hydrogen-bond acceptors (Lipinski definition) is 5. The van der Waals surface area contributed by atoms with Crippen molar-refractivity contribution in [3.8, 4) is 0 Å². The summed E-state index contributed by atoms with van der Waals surface area (Å²) < 4.78 is 15.2. The fourth-order valence-corrected chi connectivity index (χ4v) is 2.36. The monoisotopic (exact) mass is 253 g/mol. The van der Waals surface area contributed by atoms with Crippen molar-refractivity contribution in [3.05, 3.63) is 35.6 Å². The van der Waals surface area contributed by atoms with Crippen LogP contribution in [0, 0.1) is 5.82 Å². The lowest BCUT2D eigenvalue weighted by Crippen LogP contribution is -2.11. The highest BCUT2D eigenvalue weighted by Crippen LogP contribution is 2.33. The molecule has 0 amide bonds. The third-order valence-electron chi connectivity index (χ3n) is 2.30. The molecule has 0 saturated heterocycles. The van der Waals surface area contributed by atoms with Gasteiger partial charge in [0.05, 0.1) is 5.25 Å². The van der Waals surface area contributed by atoms with E-state index in [-0.39, 0.29) is 11.1 Å². The number of hydrogen-bond donors (Lipinski definition) is 1. The van der Waals surface area contributed by atoms with Crippen molar-refractivity contribution >= 4 is 11.8 Å². The Balaban J connectivity index is 2.23. The molecule has 0 aliphatic carbocycles. The van der Waals surface area contributed by atoms with Crippen LogP contribution in [0.15, 0.2) is 29.4 Å². The van der Waals surface area contributed by atoms with Crippen LogP contribution in [-0.2, 0) is 7.05 Å². The molecule has 1 aromatic carbocycles. The molecule has 0 spiro atoms. The van der Waals surface area contributed by atoms with Gasteiger partial charge in [-0.1, -0.05) is 30.0 Å². The van der Waals surface area contributed by atoms with E-state index >= 15 is 0 Å². The van der Waals surface area contributed by atoms with Gasteiger partial charge in [-0.2, -0.15) is 0 Å². The maximum Gasteiger partial charge on any atom is 0.209 e. The molecule has 5 nitrogen and oxygen atoms in total. The number of rotatable bonds is 4. The second-order valence-electron chi connectivity index (χ2n) is 3.45.